The zero-order chi connectivity index (χ0) is 30.2. The standard InChI is InChI=1S/C30H35ClFN3O5S/c1-5-40-26-14-12-25(13-15-26)35(41(38,39)27-16-10-24(31)11-17-27)20-29(36)34(19-23-8-6-7-9-28(23)32)22(4)30(37)33-18-21(2)3/h6-17,21-22H,5,18-20H2,1-4H3,(H,33,37). The summed E-state index contributed by atoms with van der Waals surface area (Å²) in [5.41, 5.74) is 0.400. The number of nitrogens with one attached hydrogen (secondary N) is 1. The average Bonchev–Trinajstić information content (AvgIpc) is 2.94. The molecule has 0 bridgehead atoms. The van der Waals surface area contributed by atoms with Gasteiger partial charge in [0.05, 0.1) is 17.2 Å². The molecular weight excluding hydrogens is 569 g/mol. The first kappa shape index (κ1) is 31.9. The zero-order valence-electron chi connectivity index (χ0n) is 23.5. The SMILES string of the molecule is CCOc1ccc(N(CC(=O)N(Cc2ccccc2F)C(C)C(=O)NCC(C)C)S(=O)(=O)c2ccc(Cl)cc2)cc1. The van der Waals surface area contributed by atoms with Gasteiger partial charge < -0.3 is 15.0 Å². The third-order valence-corrected chi connectivity index (χ3v) is 8.31. The van der Waals surface area contributed by atoms with E-state index in [4.69, 9.17) is 16.3 Å². The molecule has 0 saturated heterocycles. The Kier molecular flexibility index (Phi) is 11.1. The highest BCUT2D eigenvalue weighted by atomic mass is 35.5. The predicted octanol–water partition coefficient (Wildman–Crippen LogP) is 5.26. The van der Waals surface area contributed by atoms with Crippen molar-refractivity contribution in [3.05, 3.63) is 89.2 Å². The molecule has 0 radical (unpaired) electrons. The maximum atomic E-state index is 14.6. The highest BCUT2D eigenvalue weighted by Crippen LogP contribution is 2.27. The Morgan fingerprint density at radius 1 is 0.976 bits per heavy atom. The monoisotopic (exact) mass is 603 g/mol. The van der Waals surface area contributed by atoms with Crippen LogP contribution in [0.4, 0.5) is 10.1 Å². The predicted molar refractivity (Wildman–Crippen MR) is 158 cm³/mol. The first-order valence-electron chi connectivity index (χ1n) is 13.3. The third-order valence-electron chi connectivity index (χ3n) is 6.27. The van der Waals surface area contributed by atoms with Crippen molar-refractivity contribution in [3.63, 3.8) is 0 Å². The van der Waals surface area contributed by atoms with Gasteiger partial charge in [0.2, 0.25) is 11.8 Å². The van der Waals surface area contributed by atoms with Crippen LogP contribution in [0.2, 0.25) is 5.02 Å². The van der Waals surface area contributed by atoms with Crippen molar-refractivity contribution in [1.29, 1.82) is 0 Å². The van der Waals surface area contributed by atoms with Crippen molar-refractivity contribution in [2.24, 2.45) is 5.92 Å². The van der Waals surface area contributed by atoms with Gasteiger partial charge in [0, 0.05) is 23.7 Å². The fourth-order valence-corrected chi connectivity index (χ4v) is 5.52. The lowest BCUT2D eigenvalue weighted by atomic mass is 10.1. The first-order chi connectivity index (χ1) is 19.4. The Hall–Kier alpha value is -3.63. The van der Waals surface area contributed by atoms with E-state index in [0.717, 1.165) is 4.31 Å². The zero-order valence-corrected chi connectivity index (χ0v) is 25.1. The van der Waals surface area contributed by atoms with Crippen LogP contribution < -0.4 is 14.4 Å². The number of amides is 2. The molecule has 1 atom stereocenters. The highest BCUT2D eigenvalue weighted by molar-refractivity contribution is 7.92. The Bertz CT molecular complexity index is 1430. The summed E-state index contributed by atoms with van der Waals surface area (Å²) in [5, 5.41) is 3.15. The number of halogens is 2. The molecule has 41 heavy (non-hydrogen) atoms. The van der Waals surface area contributed by atoms with Crippen LogP contribution >= 0.6 is 11.6 Å². The molecular formula is C30H35ClFN3O5S. The number of sulfonamides is 1. The van der Waals surface area contributed by atoms with E-state index in [9.17, 15) is 22.4 Å². The summed E-state index contributed by atoms with van der Waals surface area (Å²) in [5.74, 6) is -0.967. The Labute approximate surface area is 246 Å². The number of ether oxygens (including phenoxy) is 1. The normalized spacial score (nSPS) is 12.1. The van der Waals surface area contributed by atoms with Crippen LogP contribution in [0, 0.1) is 11.7 Å². The van der Waals surface area contributed by atoms with Gasteiger partial charge in [-0.15, -0.1) is 0 Å². The first-order valence-corrected chi connectivity index (χ1v) is 15.1. The summed E-state index contributed by atoms with van der Waals surface area (Å²) in [4.78, 5) is 28.0. The van der Waals surface area contributed by atoms with Crippen LogP contribution in [0.25, 0.3) is 0 Å². The fourth-order valence-electron chi connectivity index (χ4n) is 3.98. The number of hydrogen-bond donors (Lipinski definition) is 1. The van der Waals surface area contributed by atoms with Crippen LogP contribution in [0.1, 0.15) is 33.3 Å². The summed E-state index contributed by atoms with van der Waals surface area (Å²) in [6.45, 7) is 7.15. The summed E-state index contributed by atoms with van der Waals surface area (Å²) >= 11 is 5.98. The molecule has 1 unspecified atom stereocenters. The minimum absolute atomic E-state index is 0.0769. The second-order valence-corrected chi connectivity index (χ2v) is 12.1. The maximum Gasteiger partial charge on any atom is 0.264 e. The van der Waals surface area contributed by atoms with E-state index in [-0.39, 0.29) is 28.6 Å². The lowest BCUT2D eigenvalue weighted by Gasteiger charge is -2.32. The van der Waals surface area contributed by atoms with Gasteiger partial charge in [0.25, 0.3) is 10.0 Å². The number of nitrogens with zero attached hydrogens (tertiary/aromatic N) is 2. The third kappa shape index (κ3) is 8.43. The van der Waals surface area contributed by atoms with Gasteiger partial charge in [-0.1, -0.05) is 43.6 Å². The maximum absolute atomic E-state index is 14.6. The van der Waals surface area contributed by atoms with Crippen molar-refractivity contribution in [2.45, 2.75) is 45.2 Å². The number of hydrogen-bond acceptors (Lipinski definition) is 5. The van der Waals surface area contributed by atoms with E-state index in [0.29, 0.717) is 23.9 Å². The van der Waals surface area contributed by atoms with Crippen LogP contribution in [-0.2, 0) is 26.2 Å². The Morgan fingerprint density at radius 2 is 1.61 bits per heavy atom. The van der Waals surface area contributed by atoms with E-state index in [1.165, 1.54) is 66.4 Å². The van der Waals surface area contributed by atoms with Gasteiger partial charge in [-0.05, 0) is 74.4 Å². The van der Waals surface area contributed by atoms with E-state index >= 15 is 0 Å². The number of benzene rings is 3. The lowest BCUT2D eigenvalue weighted by Crippen LogP contribution is -2.51. The van der Waals surface area contributed by atoms with E-state index < -0.39 is 40.2 Å². The molecule has 11 heteroatoms. The van der Waals surface area contributed by atoms with Crippen LogP contribution in [-0.4, -0.2) is 50.9 Å². The van der Waals surface area contributed by atoms with Crippen molar-refractivity contribution in [2.75, 3.05) is 24.0 Å². The second kappa shape index (κ2) is 14.3. The molecule has 3 aromatic rings. The van der Waals surface area contributed by atoms with E-state index in [1.807, 2.05) is 20.8 Å². The Balaban J connectivity index is 2.03. The minimum Gasteiger partial charge on any atom is -0.494 e. The lowest BCUT2D eigenvalue weighted by molar-refractivity contribution is -0.139. The number of carbonyl (C=O) groups is 2. The molecule has 0 aliphatic rings. The van der Waals surface area contributed by atoms with Crippen LogP contribution in [0.15, 0.2) is 77.7 Å². The van der Waals surface area contributed by atoms with E-state index in [2.05, 4.69) is 5.32 Å². The van der Waals surface area contributed by atoms with Crippen molar-refractivity contribution < 1.29 is 27.1 Å². The Morgan fingerprint density at radius 3 is 2.20 bits per heavy atom. The molecule has 0 aliphatic heterocycles. The van der Waals surface area contributed by atoms with Gasteiger partial charge >= 0.3 is 0 Å². The van der Waals surface area contributed by atoms with Gasteiger partial charge in [-0.2, -0.15) is 0 Å². The van der Waals surface area contributed by atoms with E-state index in [1.54, 1.807) is 18.2 Å². The highest BCUT2D eigenvalue weighted by Gasteiger charge is 2.33. The van der Waals surface area contributed by atoms with Gasteiger partial charge in [-0.25, -0.2) is 12.8 Å². The minimum atomic E-state index is -4.26. The average molecular weight is 604 g/mol. The van der Waals surface area contributed by atoms with Crippen molar-refractivity contribution >= 4 is 39.1 Å². The molecule has 0 spiro atoms. The summed E-state index contributed by atoms with van der Waals surface area (Å²) < 4.78 is 48.8. The molecule has 0 saturated carbocycles. The molecule has 0 aliphatic carbocycles. The van der Waals surface area contributed by atoms with Gasteiger partial charge in [-0.3, -0.25) is 13.9 Å². The van der Waals surface area contributed by atoms with Crippen molar-refractivity contribution in [1.82, 2.24) is 10.2 Å². The van der Waals surface area contributed by atoms with Crippen molar-refractivity contribution in [3.8, 4) is 5.75 Å². The molecule has 2 amide bonds. The largest absolute Gasteiger partial charge is 0.494 e. The fraction of sp³-hybridized carbons (Fsp3) is 0.333. The summed E-state index contributed by atoms with van der Waals surface area (Å²) in [7, 11) is -4.26. The number of rotatable bonds is 13. The number of carbonyl (C=O) groups excluding carboxylic acids is 2. The smallest absolute Gasteiger partial charge is 0.264 e. The number of anilines is 1. The quantitative estimate of drug-likeness (QED) is 0.287. The van der Waals surface area contributed by atoms with Gasteiger partial charge in [0.1, 0.15) is 24.2 Å². The molecule has 220 valence electrons. The molecule has 1 N–H and O–H groups in total. The summed E-state index contributed by atoms with van der Waals surface area (Å²) in [6.07, 6.45) is 0. The molecule has 0 aromatic heterocycles. The molecule has 0 fully saturated rings. The molecule has 8 nitrogen and oxygen atoms in total. The second-order valence-electron chi connectivity index (χ2n) is 9.82. The molecule has 0 heterocycles. The van der Waals surface area contributed by atoms with Crippen LogP contribution in [0.5, 0.6) is 5.75 Å². The summed E-state index contributed by atoms with van der Waals surface area (Å²) in [6, 6.07) is 16.8. The van der Waals surface area contributed by atoms with Crippen LogP contribution in [0.3, 0.4) is 0 Å². The van der Waals surface area contributed by atoms with Gasteiger partial charge in [0.15, 0.2) is 0 Å². The molecule has 3 rings (SSSR count). The molecule has 3 aromatic carbocycles. The topological polar surface area (TPSA) is 96.0 Å².